The van der Waals surface area contributed by atoms with Crippen LogP contribution in [0, 0.1) is 0 Å². The third kappa shape index (κ3) is 5.27. The summed E-state index contributed by atoms with van der Waals surface area (Å²) in [6.45, 7) is 5.68. The molecule has 0 aliphatic carbocycles. The van der Waals surface area contributed by atoms with Gasteiger partial charge in [0, 0.05) is 12.4 Å². The van der Waals surface area contributed by atoms with E-state index in [0.717, 1.165) is 5.56 Å². The summed E-state index contributed by atoms with van der Waals surface area (Å²) in [6.07, 6.45) is 2.29. The fourth-order valence-electron chi connectivity index (χ4n) is 3.49. The third-order valence-corrected chi connectivity index (χ3v) is 5.26. The second-order valence-corrected chi connectivity index (χ2v) is 8.06. The van der Waals surface area contributed by atoms with Gasteiger partial charge in [0.15, 0.2) is 5.78 Å². The number of Topliss-reactive ketones (excluding diaryl/α,β-unsaturated/α-hetero) is 1. The number of nitrogens with one attached hydrogen (secondary N) is 3. The summed E-state index contributed by atoms with van der Waals surface area (Å²) in [5.74, 6) is -0.311. The molecule has 1 aliphatic heterocycles. The molecule has 8 heteroatoms. The molecular formula is C22H27N3O5. The van der Waals surface area contributed by atoms with Crippen molar-refractivity contribution in [3.8, 4) is 5.75 Å². The molecule has 2 amide bonds. The minimum absolute atomic E-state index is 0.0325. The van der Waals surface area contributed by atoms with Crippen LogP contribution in [0.15, 0.2) is 48.8 Å². The van der Waals surface area contributed by atoms with Crippen LogP contribution in [0.3, 0.4) is 0 Å². The van der Waals surface area contributed by atoms with Crippen LogP contribution in [0.4, 0.5) is 4.79 Å². The molecule has 8 nitrogen and oxygen atoms in total. The van der Waals surface area contributed by atoms with Crippen molar-refractivity contribution >= 4 is 17.8 Å². The van der Waals surface area contributed by atoms with Gasteiger partial charge in [-0.3, -0.25) is 9.59 Å². The third-order valence-electron chi connectivity index (χ3n) is 5.26. The van der Waals surface area contributed by atoms with E-state index in [4.69, 9.17) is 9.47 Å². The Bertz CT molecular complexity index is 879. The number of rotatable bonds is 7. The number of aromatic amines is 1. The number of benzene rings is 1. The van der Waals surface area contributed by atoms with Crippen molar-refractivity contribution in [1.29, 1.82) is 0 Å². The van der Waals surface area contributed by atoms with Gasteiger partial charge >= 0.3 is 6.09 Å². The van der Waals surface area contributed by atoms with Gasteiger partial charge in [0.05, 0.1) is 6.10 Å². The van der Waals surface area contributed by atoms with Crippen molar-refractivity contribution < 1.29 is 23.9 Å². The normalized spacial score (nSPS) is 19.9. The van der Waals surface area contributed by atoms with E-state index in [1.807, 2.05) is 44.2 Å². The molecule has 2 aromatic rings. The molecule has 0 unspecified atom stereocenters. The molecule has 3 N–H and O–H groups in total. The quantitative estimate of drug-likeness (QED) is 0.645. The number of carbonyl (C=O) groups excluding carboxylic acids is 3. The summed E-state index contributed by atoms with van der Waals surface area (Å²) >= 11 is 0. The number of hydrogen-bond acceptors (Lipinski definition) is 5. The molecule has 1 saturated heterocycles. The monoisotopic (exact) mass is 413 g/mol. The van der Waals surface area contributed by atoms with Gasteiger partial charge in [-0.05, 0) is 30.4 Å². The van der Waals surface area contributed by atoms with E-state index in [2.05, 4.69) is 15.6 Å². The first-order valence-corrected chi connectivity index (χ1v) is 9.87. The van der Waals surface area contributed by atoms with Crippen molar-refractivity contribution in [1.82, 2.24) is 15.6 Å². The minimum atomic E-state index is -0.910. The fraction of sp³-hybridized carbons (Fsp3) is 0.409. The molecule has 3 rings (SSSR count). The Balaban J connectivity index is 1.75. The smallest absolute Gasteiger partial charge is 0.409 e. The Morgan fingerprint density at radius 1 is 1.27 bits per heavy atom. The molecule has 0 saturated carbocycles. The summed E-state index contributed by atoms with van der Waals surface area (Å²) < 4.78 is 10.5. The largest absolute Gasteiger partial charge is 0.413 e. The van der Waals surface area contributed by atoms with Gasteiger partial charge in [-0.15, -0.1) is 0 Å². The van der Waals surface area contributed by atoms with Gasteiger partial charge in [0.1, 0.15) is 24.4 Å². The maximum atomic E-state index is 13.0. The Hall–Kier alpha value is -3.13. The zero-order valence-electron chi connectivity index (χ0n) is 17.3. The summed E-state index contributed by atoms with van der Waals surface area (Å²) in [5, 5.41) is 5.37. The average Bonchev–Trinajstić information content (AvgIpc) is 3.33. The maximum absolute atomic E-state index is 13.0. The zero-order valence-corrected chi connectivity index (χ0v) is 17.3. The van der Waals surface area contributed by atoms with E-state index >= 15 is 0 Å². The lowest BCUT2D eigenvalue weighted by atomic mass is 9.79. The lowest BCUT2D eigenvalue weighted by Crippen LogP contribution is -2.54. The van der Waals surface area contributed by atoms with E-state index in [0.29, 0.717) is 12.2 Å². The average molecular weight is 413 g/mol. The van der Waals surface area contributed by atoms with Gasteiger partial charge in [-0.1, -0.05) is 44.2 Å². The molecule has 1 aliphatic rings. The highest BCUT2D eigenvalue weighted by Crippen LogP contribution is 2.28. The Morgan fingerprint density at radius 2 is 2.00 bits per heavy atom. The van der Waals surface area contributed by atoms with Gasteiger partial charge < -0.3 is 25.1 Å². The number of carbonyl (C=O) groups is 3. The van der Waals surface area contributed by atoms with E-state index in [1.54, 1.807) is 19.2 Å². The van der Waals surface area contributed by atoms with Crippen LogP contribution in [0.25, 0.3) is 0 Å². The highest BCUT2D eigenvalue weighted by atomic mass is 16.6. The summed E-state index contributed by atoms with van der Waals surface area (Å²) in [7, 11) is 0. The lowest BCUT2D eigenvalue weighted by Gasteiger charge is -2.30. The van der Waals surface area contributed by atoms with Crippen molar-refractivity contribution in [3.63, 3.8) is 0 Å². The molecule has 0 bridgehead atoms. The predicted molar refractivity (Wildman–Crippen MR) is 110 cm³/mol. The van der Waals surface area contributed by atoms with E-state index in [-0.39, 0.29) is 12.4 Å². The van der Waals surface area contributed by atoms with Crippen LogP contribution < -0.4 is 15.4 Å². The molecule has 3 atom stereocenters. The van der Waals surface area contributed by atoms with E-state index < -0.39 is 35.6 Å². The van der Waals surface area contributed by atoms with Crippen LogP contribution in [0.1, 0.15) is 32.8 Å². The number of ketones is 1. The highest BCUT2D eigenvalue weighted by Gasteiger charge is 2.37. The molecule has 2 heterocycles. The van der Waals surface area contributed by atoms with Crippen LogP contribution in [-0.4, -0.2) is 47.6 Å². The number of amides is 2. The van der Waals surface area contributed by atoms with Crippen molar-refractivity contribution in [2.75, 3.05) is 6.61 Å². The van der Waals surface area contributed by atoms with Gasteiger partial charge in [0.25, 0.3) is 0 Å². The molecule has 30 heavy (non-hydrogen) atoms. The molecular weight excluding hydrogens is 386 g/mol. The zero-order chi connectivity index (χ0) is 21.7. The standard InChI is InChI=1S/C22H27N3O5/c1-14-19(18(26)13-29-14)25-20(27)17(24-21(28)30-16-9-10-23-12-16)11-22(2,3)15-7-5-4-6-8-15/h4-10,12,14,17,19,23H,11,13H2,1-3H3,(H,24,28)(H,25,27)/t14-,17-,19-/m0/s1. The van der Waals surface area contributed by atoms with Crippen molar-refractivity contribution in [2.45, 2.75) is 50.8 Å². The Morgan fingerprint density at radius 3 is 2.60 bits per heavy atom. The summed E-state index contributed by atoms with van der Waals surface area (Å²) in [4.78, 5) is 40.3. The summed E-state index contributed by atoms with van der Waals surface area (Å²) in [5.41, 5.74) is 0.601. The fourth-order valence-corrected chi connectivity index (χ4v) is 3.49. The second kappa shape index (κ2) is 9.13. The first-order valence-electron chi connectivity index (χ1n) is 9.87. The van der Waals surface area contributed by atoms with Crippen LogP contribution >= 0.6 is 0 Å². The van der Waals surface area contributed by atoms with Gasteiger partial charge in [0.2, 0.25) is 5.91 Å². The molecule has 160 valence electrons. The molecule has 1 aromatic heterocycles. The van der Waals surface area contributed by atoms with E-state index in [1.165, 1.54) is 6.20 Å². The number of aromatic nitrogens is 1. The van der Waals surface area contributed by atoms with Crippen LogP contribution in [-0.2, 0) is 19.7 Å². The van der Waals surface area contributed by atoms with Crippen LogP contribution in [0.2, 0.25) is 0 Å². The number of H-pyrrole nitrogens is 1. The maximum Gasteiger partial charge on any atom is 0.413 e. The topological polar surface area (TPSA) is 110 Å². The minimum Gasteiger partial charge on any atom is -0.409 e. The molecule has 1 fully saturated rings. The van der Waals surface area contributed by atoms with Crippen molar-refractivity contribution in [2.24, 2.45) is 0 Å². The SMILES string of the molecule is C[C@@H]1OCC(=O)[C@H]1NC(=O)[C@H](CC(C)(C)c1ccccc1)NC(=O)Oc1cc[nH]c1. The highest BCUT2D eigenvalue weighted by molar-refractivity contribution is 5.94. The predicted octanol–water partition coefficient (Wildman–Crippen LogP) is 2.31. The first-order chi connectivity index (χ1) is 14.3. The van der Waals surface area contributed by atoms with Crippen molar-refractivity contribution in [3.05, 3.63) is 54.4 Å². The first kappa shape index (κ1) is 21.6. The molecule has 0 spiro atoms. The Kier molecular flexibility index (Phi) is 6.56. The number of hydrogen-bond donors (Lipinski definition) is 3. The Labute approximate surface area is 175 Å². The number of ether oxygens (including phenoxy) is 2. The van der Waals surface area contributed by atoms with E-state index in [9.17, 15) is 14.4 Å². The second-order valence-electron chi connectivity index (χ2n) is 8.06. The van der Waals surface area contributed by atoms with Gasteiger partial charge in [-0.2, -0.15) is 0 Å². The van der Waals surface area contributed by atoms with Crippen LogP contribution in [0.5, 0.6) is 5.75 Å². The lowest BCUT2D eigenvalue weighted by molar-refractivity contribution is -0.127. The molecule has 1 aromatic carbocycles. The summed E-state index contributed by atoms with van der Waals surface area (Å²) in [6, 6.07) is 9.68. The van der Waals surface area contributed by atoms with Gasteiger partial charge in [-0.25, -0.2) is 4.79 Å². The molecule has 0 radical (unpaired) electrons.